The van der Waals surface area contributed by atoms with Crippen molar-refractivity contribution in [2.24, 2.45) is 0 Å². The summed E-state index contributed by atoms with van der Waals surface area (Å²) >= 11 is 3.44. The van der Waals surface area contributed by atoms with Gasteiger partial charge in [-0.2, -0.15) is 0 Å². The van der Waals surface area contributed by atoms with E-state index >= 15 is 0 Å². The Labute approximate surface area is 160 Å². The number of carbonyl (C=O) groups is 2. The van der Waals surface area contributed by atoms with Gasteiger partial charge in [-0.3, -0.25) is 9.59 Å². The molecule has 136 valence electrons. The maximum absolute atomic E-state index is 12.5. The molecule has 0 aromatic heterocycles. The second-order valence-corrected chi connectivity index (χ2v) is 6.78. The number of hydrogen-bond donors (Lipinski definition) is 1. The standard InChI is InChI=1S/C19H19BrN2O4/c1-25-14-5-6-15(17(10-14)26-2)21-18(23)11-22-16-7-4-13(20)9-12(16)3-8-19(22)24/h4-7,9-10H,3,8,11H2,1-2H3,(H,21,23). The third-order valence-electron chi connectivity index (χ3n) is 4.23. The summed E-state index contributed by atoms with van der Waals surface area (Å²) < 4.78 is 11.4. The van der Waals surface area contributed by atoms with Crippen molar-refractivity contribution < 1.29 is 19.1 Å². The molecule has 1 N–H and O–H groups in total. The van der Waals surface area contributed by atoms with E-state index < -0.39 is 0 Å². The molecule has 0 fully saturated rings. The van der Waals surface area contributed by atoms with Gasteiger partial charge in [0, 0.05) is 22.6 Å². The van der Waals surface area contributed by atoms with Crippen LogP contribution in [0.25, 0.3) is 0 Å². The third-order valence-corrected chi connectivity index (χ3v) is 4.72. The van der Waals surface area contributed by atoms with Gasteiger partial charge in [0.15, 0.2) is 0 Å². The molecule has 0 aliphatic carbocycles. The van der Waals surface area contributed by atoms with Gasteiger partial charge in [-0.15, -0.1) is 0 Å². The highest BCUT2D eigenvalue weighted by Crippen LogP contribution is 2.31. The lowest BCUT2D eigenvalue weighted by Crippen LogP contribution is -2.40. The van der Waals surface area contributed by atoms with Crippen LogP contribution < -0.4 is 19.7 Å². The summed E-state index contributed by atoms with van der Waals surface area (Å²) in [7, 11) is 3.08. The molecule has 2 aromatic carbocycles. The van der Waals surface area contributed by atoms with E-state index in [1.54, 1.807) is 25.3 Å². The minimum Gasteiger partial charge on any atom is -0.497 e. The van der Waals surface area contributed by atoms with E-state index in [-0.39, 0.29) is 18.4 Å². The Morgan fingerprint density at radius 2 is 1.96 bits per heavy atom. The second-order valence-electron chi connectivity index (χ2n) is 5.87. The van der Waals surface area contributed by atoms with Gasteiger partial charge in [0.05, 0.1) is 19.9 Å². The molecule has 26 heavy (non-hydrogen) atoms. The fraction of sp³-hybridized carbons (Fsp3) is 0.263. The van der Waals surface area contributed by atoms with E-state index in [0.29, 0.717) is 30.0 Å². The number of anilines is 2. The van der Waals surface area contributed by atoms with Crippen molar-refractivity contribution in [3.8, 4) is 11.5 Å². The van der Waals surface area contributed by atoms with E-state index in [1.165, 1.54) is 12.0 Å². The van der Waals surface area contributed by atoms with Gasteiger partial charge in [0.25, 0.3) is 0 Å². The van der Waals surface area contributed by atoms with E-state index in [1.807, 2.05) is 18.2 Å². The molecule has 0 atom stereocenters. The molecule has 7 heteroatoms. The van der Waals surface area contributed by atoms with Crippen LogP contribution in [0.15, 0.2) is 40.9 Å². The fourth-order valence-electron chi connectivity index (χ4n) is 2.94. The van der Waals surface area contributed by atoms with Crippen LogP contribution in [0.4, 0.5) is 11.4 Å². The zero-order chi connectivity index (χ0) is 18.7. The van der Waals surface area contributed by atoms with E-state index in [2.05, 4.69) is 21.2 Å². The number of halogens is 1. The monoisotopic (exact) mass is 418 g/mol. The predicted octanol–water partition coefficient (Wildman–Crippen LogP) is 3.38. The fourth-order valence-corrected chi connectivity index (χ4v) is 3.35. The number of amides is 2. The van der Waals surface area contributed by atoms with Crippen LogP contribution in [0.2, 0.25) is 0 Å². The van der Waals surface area contributed by atoms with Crippen molar-refractivity contribution in [3.63, 3.8) is 0 Å². The molecule has 1 aliphatic heterocycles. The summed E-state index contributed by atoms with van der Waals surface area (Å²) in [4.78, 5) is 26.4. The zero-order valence-electron chi connectivity index (χ0n) is 14.5. The van der Waals surface area contributed by atoms with E-state index in [9.17, 15) is 9.59 Å². The molecule has 1 aliphatic rings. The maximum Gasteiger partial charge on any atom is 0.244 e. The van der Waals surface area contributed by atoms with Crippen LogP contribution in [-0.2, 0) is 16.0 Å². The summed E-state index contributed by atoms with van der Waals surface area (Å²) in [6, 6.07) is 10.8. The number of hydrogen-bond acceptors (Lipinski definition) is 4. The lowest BCUT2D eigenvalue weighted by atomic mass is 10.0. The molecular weight excluding hydrogens is 400 g/mol. The Morgan fingerprint density at radius 1 is 1.15 bits per heavy atom. The van der Waals surface area contributed by atoms with Crippen LogP contribution in [0.3, 0.4) is 0 Å². The van der Waals surface area contributed by atoms with Crippen LogP contribution >= 0.6 is 15.9 Å². The Hall–Kier alpha value is -2.54. The Kier molecular flexibility index (Phi) is 5.46. The second kappa shape index (κ2) is 7.78. The number of fused-ring (bicyclic) bond motifs is 1. The molecule has 1 heterocycles. The largest absolute Gasteiger partial charge is 0.497 e. The van der Waals surface area contributed by atoms with Gasteiger partial charge in [0.2, 0.25) is 11.8 Å². The Morgan fingerprint density at radius 3 is 2.69 bits per heavy atom. The van der Waals surface area contributed by atoms with Crippen LogP contribution in [0.5, 0.6) is 11.5 Å². The number of methoxy groups -OCH3 is 2. The summed E-state index contributed by atoms with van der Waals surface area (Å²) in [6.07, 6.45) is 1.07. The van der Waals surface area contributed by atoms with Gasteiger partial charge < -0.3 is 19.7 Å². The lowest BCUT2D eigenvalue weighted by molar-refractivity contribution is -0.121. The number of nitrogens with zero attached hydrogens (tertiary/aromatic N) is 1. The molecular formula is C19H19BrN2O4. The van der Waals surface area contributed by atoms with Crippen molar-refractivity contribution in [2.75, 3.05) is 31.0 Å². The minimum atomic E-state index is -0.294. The van der Waals surface area contributed by atoms with E-state index in [4.69, 9.17) is 9.47 Å². The quantitative estimate of drug-likeness (QED) is 0.807. The predicted molar refractivity (Wildman–Crippen MR) is 103 cm³/mol. The van der Waals surface area contributed by atoms with Gasteiger partial charge in [-0.05, 0) is 42.3 Å². The van der Waals surface area contributed by atoms with Crippen molar-refractivity contribution >= 4 is 39.1 Å². The molecule has 2 amide bonds. The van der Waals surface area contributed by atoms with Gasteiger partial charge in [-0.1, -0.05) is 15.9 Å². The summed E-state index contributed by atoms with van der Waals surface area (Å²) in [5.74, 6) is 0.770. The molecule has 0 spiro atoms. The first-order valence-corrected chi connectivity index (χ1v) is 8.92. The summed E-state index contributed by atoms with van der Waals surface area (Å²) in [5.41, 5.74) is 2.36. The first kappa shape index (κ1) is 18.3. The Balaban J connectivity index is 1.77. The molecule has 0 saturated carbocycles. The van der Waals surface area contributed by atoms with Gasteiger partial charge in [0.1, 0.15) is 18.0 Å². The van der Waals surface area contributed by atoms with Crippen molar-refractivity contribution in [1.29, 1.82) is 0 Å². The molecule has 6 nitrogen and oxygen atoms in total. The summed E-state index contributed by atoms with van der Waals surface area (Å²) in [6.45, 7) is -0.0529. The first-order chi connectivity index (χ1) is 12.5. The Bertz CT molecular complexity index is 853. The van der Waals surface area contributed by atoms with Gasteiger partial charge in [-0.25, -0.2) is 0 Å². The summed E-state index contributed by atoms with van der Waals surface area (Å²) in [5, 5.41) is 2.80. The molecule has 2 aromatic rings. The molecule has 0 radical (unpaired) electrons. The lowest BCUT2D eigenvalue weighted by Gasteiger charge is -2.29. The molecule has 0 saturated heterocycles. The molecule has 0 bridgehead atoms. The average molecular weight is 419 g/mol. The third kappa shape index (κ3) is 3.83. The van der Waals surface area contributed by atoms with Crippen molar-refractivity contribution in [3.05, 3.63) is 46.4 Å². The smallest absolute Gasteiger partial charge is 0.244 e. The minimum absolute atomic E-state index is 0.0529. The van der Waals surface area contributed by atoms with Crippen molar-refractivity contribution in [2.45, 2.75) is 12.8 Å². The zero-order valence-corrected chi connectivity index (χ0v) is 16.1. The number of rotatable bonds is 5. The van der Waals surface area contributed by atoms with Crippen LogP contribution in [-0.4, -0.2) is 32.6 Å². The average Bonchev–Trinajstić information content (AvgIpc) is 2.64. The molecule has 0 unspecified atom stereocenters. The topological polar surface area (TPSA) is 67.9 Å². The molecule has 3 rings (SSSR count). The van der Waals surface area contributed by atoms with Crippen LogP contribution in [0.1, 0.15) is 12.0 Å². The highest BCUT2D eigenvalue weighted by molar-refractivity contribution is 9.10. The number of carbonyl (C=O) groups excluding carboxylic acids is 2. The highest BCUT2D eigenvalue weighted by Gasteiger charge is 2.26. The van der Waals surface area contributed by atoms with Crippen molar-refractivity contribution in [1.82, 2.24) is 0 Å². The van der Waals surface area contributed by atoms with Crippen LogP contribution in [0, 0.1) is 0 Å². The number of aryl methyl sites for hydroxylation is 1. The SMILES string of the molecule is COc1ccc(NC(=O)CN2C(=O)CCc3cc(Br)ccc32)c(OC)c1. The number of benzene rings is 2. The van der Waals surface area contributed by atoms with E-state index in [0.717, 1.165) is 15.7 Å². The number of nitrogens with one attached hydrogen (secondary N) is 1. The highest BCUT2D eigenvalue weighted by atomic mass is 79.9. The normalized spacial score (nSPS) is 13.2. The van der Waals surface area contributed by atoms with Gasteiger partial charge >= 0.3 is 0 Å². The first-order valence-electron chi connectivity index (χ1n) is 8.12. The maximum atomic E-state index is 12.5. The number of ether oxygens (including phenoxy) is 2.